The van der Waals surface area contributed by atoms with Gasteiger partial charge in [-0.1, -0.05) is 6.92 Å². The van der Waals surface area contributed by atoms with E-state index in [1.54, 1.807) is 6.08 Å². The molecule has 0 fully saturated rings. The van der Waals surface area contributed by atoms with Gasteiger partial charge in [0.15, 0.2) is 0 Å². The number of rotatable bonds is 6. The van der Waals surface area contributed by atoms with Crippen molar-refractivity contribution in [2.45, 2.75) is 13.3 Å². The topological polar surface area (TPSA) is 61.4 Å². The summed E-state index contributed by atoms with van der Waals surface area (Å²) < 4.78 is 0. The lowest BCUT2D eigenvalue weighted by molar-refractivity contribution is -0.109. The molecule has 0 aromatic heterocycles. The van der Waals surface area contributed by atoms with Crippen LogP contribution in [0.25, 0.3) is 0 Å². The average molecular weight is 209 g/mol. The Hall–Kier alpha value is -1.78. The van der Waals surface area contributed by atoms with Crippen LogP contribution in [0.3, 0.4) is 0 Å². The summed E-state index contributed by atoms with van der Waals surface area (Å²) in [5.74, 6) is 0. The second kappa shape index (κ2) is 5.85. The molecule has 2 N–H and O–H groups in total. The molecule has 1 aliphatic heterocycles. The van der Waals surface area contributed by atoms with Gasteiger partial charge in [-0.25, -0.2) is 0 Å². The molecule has 0 aromatic rings. The summed E-state index contributed by atoms with van der Waals surface area (Å²) >= 11 is 0. The fourth-order valence-electron chi connectivity index (χ4n) is 1.47. The van der Waals surface area contributed by atoms with Crippen molar-refractivity contribution < 1.29 is 9.59 Å². The van der Waals surface area contributed by atoms with Gasteiger partial charge in [0.2, 0.25) is 12.8 Å². The summed E-state index contributed by atoms with van der Waals surface area (Å²) in [6.07, 6.45) is 5.89. The van der Waals surface area contributed by atoms with Gasteiger partial charge in [-0.3, -0.25) is 9.59 Å². The molecule has 0 unspecified atom stereocenters. The highest BCUT2D eigenvalue weighted by atomic mass is 16.1. The highest BCUT2D eigenvalue weighted by Crippen LogP contribution is 2.09. The van der Waals surface area contributed by atoms with Crippen LogP contribution in [0, 0.1) is 0 Å². The lowest BCUT2D eigenvalue weighted by atomic mass is 10.2. The molecule has 15 heavy (non-hydrogen) atoms. The first-order chi connectivity index (χ1) is 7.30. The largest absolute Gasteiger partial charge is 0.370 e. The van der Waals surface area contributed by atoms with E-state index in [1.165, 1.54) is 0 Å². The molecule has 0 saturated carbocycles. The number of amides is 2. The predicted molar refractivity (Wildman–Crippen MR) is 56.4 cm³/mol. The van der Waals surface area contributed by atoms with Crippen molar-refractivity contribution in [3.63, 3.8) is 0 Å². The first-order valence-electron chi connectivity index (χ1n) is 4.87. The van der Waals surface area contributed by atoms with E-state index in [-0.39, 0.29) is 0 Å². The molecule has 5 nitrogen and oxygen atoms in total. The van der Waals surface area contributed by atoms with E-state index in [2.05, 4.69) is 17.6 Å². The van der Waals surface area contributed by atoms with Gasteiger partial charge >= 0.3 is 0 Å². The number of carbonyl (C=O) groups excluding carboxylic acids is 2. The molecule has 1 aliphatic rings. The molecule has 2 amide bonds. The van der Waals surface area contributed by atoms with Gasteiger partial charge in [0.05, 0.1) is 12.2 Å². The van der Waals surface area contributed by atoms with Crippen LogP contribution in [0.5, 0.6) is 0 Å². The van der Waals surface area contributed by atoms with Gasteiger partial charge in [0.25, 0.3) is 0 Å². The molecule has 0 bridgehead atoms. The molecule has 0 saturated heterocycles. The van der Waals surface area contributed by atoms with Crippen molar-refractivity contribution in [2.24, 2.45) is 0 Å². The lowest BCUT2D eigenvalue weighted by Crippen LogP contribution is -2.32. The van der Waals surface area contributed by atoms with Gasteiger partial charge in [-0.05, 0) is 12.5 Å². The van der Waals surface area contributed by atoms with E-state index < -0.39 is 0 Å². The maximum Gasteiger partial charge on any atom is 0.211 e. The van der Waals surface area contributed by atoms with Crippen LogP contribution in [-0.2, 0) is 9.59 Å². The van der Waals surface area contributed by atoms with Gasteiger partial charge in [-0.2, -0.15) is 0 Å². The van der Waals surface area contributed by atoms with Crippen molar-refractivity contribution >= 4 is 12.8 Å². The molecule has 1 rings (SSSR count). The van der Waals surface area contributed by atoms with Crippen molar-refractivity contribution in [3.05, 3.63) is 23.7 Å². The molecule has 0 aromatic carbocycles. The Kier molecular flexibility index (Phi) is 4.40. The first kappa shape index (κ1) is 11.3. The summed E-state index contributed by atoms with van der Waals surface area (Å²) in [7, 11) is 0. The van der Waals surface area contributed by atoms with Gasteiger partial charge in [0.1, 0.15) is 0 Å². The number of carbonyl (C=O) groups is 2. The van der Waals surface area contributed by atoms with Crippen LogP contribution >= 0.6 is 0 Å². The Morgan fingerprint density at radius 2 is 2.13 bits per heavy atom. The van der Waals surface area contributed by atoms with E-state index in [0.717, 1.165) is 18.7 Å². The molecule has 0 aliphatic carbocycles. The van der Waals surface area contributed by atoms with Gasteiger partial charge < -0.3 is 15.5 Å². The van der Waals surface area contributed by atoms with E-state index in [9.17, 15) is 9.59 Å². The van der Waals surface area contributed by atoms with Crippen LogP contribution in [0.4, 0.5) is 0 Å². The predicted octanol–water partition coefficient (Wildman–Crippen LogP) is -0.0707. The maximum atomic E-state index is 10.3. The molecule has 0 spiro atoms. The summed E-state index contributed by atoms with van der Waals surface area (Å²) in [5, 5.41) is 5.17. The third-order valence-corrected chi connectivity index (χ3v) is 2.01. The summed E-state index contributed by atoms with van der Waals surface area (Å²) in [4.78, 5) is 22.7. The monoisotopic (exact) mass is 209 g/mol. The molecule has 5 heteroatoms. The second-order valence-electron chi connectivity index (χ2n) is 3.25. The number of nitrogens with one attached hydrogen (secondary N) is 2. The Labute approximate surface area is 88.8 Å². The standard InChI is InChI=1S/C10H15N3O2/c1-2-3-13-5-9(11-7-14)4-10(6-13)12-8-15/h4-5,7-8H,2-3,6H2,1H3,(H,11,14)(H,12,15). The summed E-state index contributed by atoms with van der Waals surface area (Å²) in [5.41, 5.74) is 1.47. The molecule has 82 valence electrons. The van der Waals surface area contributed by atoms with Crippen molar-refractivity contribution in [3.8, 4) is 0 Å². The van der Waals surface area contributed by atoms with Crippen molar-refractivity contribution in [1.82, 2.24) is 15.5 Å². The second-order valence-corrected chi connectivity index (χ2v) is 3.25. The first-order valence-corrected chi connectivity index (χ1v) is 4.87. The molecular weight excluding hydrogens is 194 g/mol. The molecule has 1 heterocycles. The zero-order chi connectivity index (χ0) is 11.1. The van der Waals surface area contributed by atoms with Gasteiger partial charge in [0, 0.05) is 18.4 Å². The quantitative estimate of drug-likeness (QED) is 0.602. The smallest absolute Gasteiger partial charge is 0.211 e. The number of nitrogens with zero attached hydrogens (tertiary/aromatic N) is 1. The van der Waals surface area contributed by atoms with E-state index in [0.29, 0.717) is 25.1 Å². The molecule has 0 atom stereocenters. The minimum Gasteiger partial charge on any atom is -0.370 e. The third-order valence-electron chi connectivity index (χ3n) is 2.01. The van der Waals surface area contributed by atoms with Crippen LogP contribution in [0.1, 0.15) is 13.3 Å². The Bertz CT molecular complexity index is 297. The zero-order valence-electron chi connectivity index (χ0n) is 8.69. The van der Waals surface area contributed by atoms with Crippen molar-refractivity contribution in [1.29, 1.82) is 0 Å². The minimum atomic E-state index is 0.621. The van der Waals surface area contributed by atoms with E-state index >= 15 is 0 Å². The third kappa shape index (κ3) is 3.46. The number of allylic oxidation sites excluding steroid dienone is 1. The normalized spacial score (nSPS) is 15.1. The molecule has 0 radical (unpaired) electrons. The van der Waals surface area contributed by atoms with Crippen LogP contribution in [0.2, 0.25) is 0 Å². The fraction of sp³-hybridized carbons (Fsp3) is 0.400. The summed E-state index contributed by atoms with van der Waals surface area (Å²) in [6, 6.07) is 0. The summed E-state index contributed by atoms with van der Waals surface area (Å²) in [6.45, 7) is 3.63. The van der Waals surface area contributed by atoms with Crippen LogP contribution < -0.4 is 10.6 Å². The highest BCUT2D eigenvalue weighted by Gasteiger charge is 2.10. The van der Waals surface area contributed by atoms with Crippen molar-refractivity contribution in [2.75, 3.05) is 13.1 Å². The maximum absolute atomic E-state index is 10.3. The number of hydrogen-bond acceptors (Lipinski definition) is 3. The number of hydrogen-bond donors (Lipinski definition) is 2. The van der Waals surface area contributed by atoms with Crippen LogP contribution in [0.15, 0.2) is 23.7 Å². The SMILES string of the molecule is CCCN1C=C(NC=O)C=C(NC=O)C1. The van der Waals surface area contributed by atoms with Gasteiger partial charge in [-0.15, -0.1) is 0 Å². The Morgan fingerprint density at radius 1 is 1.40 bits per heavy atom. The van der Waals surface area contributed by atoms with Crippen LogP contribution in [-0.4, -0.2) is 30.8 Å². The fourth-order valence-corrected chi connectivity index (χ4v) is 1.47. The lowest BCUT2D eigenvalue weighted by Gasteiger charge is -2.25. The van der Waals surface area contributed by atoms with E-state index in [4.69, 9.17) is 0 Å². The molecular formula is C10H15N3O2. The Morgan fingerprint density at radius 3 is 2.73 bits per heavy atom. The van der Waals surface area contributed by atoms with E-state index in [1.807, 2.05) is 11.1 Å². The minimum absolute atomic E-state index is 0.621. The zero-order valence-corrected chi connectivity index (χ0v) is 8.69. The average Bonchev–Trinajstić information content (AvgIpc) is 2.19. The Balaban J connectivity index is 2.71. The highest BCUT2D eigenvalue weighted by molar-refractivity contribution is 5.55.